The molecule has 158 valence electrons. The average Bonchev–Trinajstić information content (AvgIpc) is 2.73. The molecule has 4 unspecified atom stereocenters. The summed E-state index contributed by atoms with van der Waals surface area (Å²) < 4.78 is 16.1. The number of hydrogen-bond acceptors (Lipinski definition) is 9. The van der Waals surface area contributed by atoms with Crippen LogP contribution in [0.25, 0.3) is 0 Å². The summed E-state index contributed by atoms with van der Waals surface area (Å²) in [6.45, 7) is 2.96. The Labute approximate surface area is 176 Å². The highest BCUT2D eigenvalue weighted by atomic mass is 16.7. The van der Waals surface area contributed by atoms with Gasteiger partial charge in [0.05, 0.1) is 11.8 Å². The minimum Gasteiger partial charge on any atom is -0.426 e. The summed E-state index contributed by atoms with van der Waals surface area (Å²) in [5.41, 5.74) is 3.72. The van der Waals surface area contributed by atoms with Crippen molar-refractivity contribution >= 4 is 17.9 Å². The van der Waals surface area contributed by atoms with Crippen LogP contribution < -0.4 is 24.5 Å². The monoisotopic (exact) mass is 423 g/mol. The molecule has 2 aromatic carbocycles. The molecule has 3 aliphatic rings. The maximum Gasteiger partial charge on any atom is 0.335 e. The number of rotatable bonds is 5. The molecular weight excluding hydrogens is 406 g/mol. The van der Waals surface area contributed by atoms with Crippen LogP contribution in [0.3, 0.4) is 0 Å². The van der Waals surface area contributed by atoms with E-state index in [2.05, 4.69) is 12.1 Å². The lowest BCUT2D eigenvalue weighted by Gasteiger charge is -2.53. The lowest BCUT2D eigenvalue weighted by atomic mass is 9.51. The Kier molecular flexibility index (Phi) is 4.49. The third-order valence-corrected chi connectivity index (χ3v) is 5.84. The molecule has 1 fully saturated rings. The Bertz CT molecular complexity index is 1120. The number of hydrogen-bond donors (Lipinski definition) is 2. The predicted molar refractivity (Wildman–Crippen MR) is 103 cm³/mol. The summed E-state index contributed by atoms with van der Waals surface area (Å²) in [4.78, 5) is 42.2. The maximum absolute atomic E-state index is 12.8. The number of aliphatic hydroxyl groups is 1. The number of carbonyl (C=O) groups is 3. The van der Waals surface area contributed by atoms with Crippen molar-refractivity contribution in [2.45, 2.75) is 11.8 Å². The molecule has 2 aliphatic heterocycles. The number of carbonyl (C=O) groups excluding carboxylic acids is 3. The first-order valence-electron chi connectivity index (χ1n) is 9.58. The van der Waals surface area contributed by atoms with Gasteiger partial charge in [0.15, 0.2) is 5.75 Å². The van der Waals surface area contributed by atoms with Crippen molar-refractivity contribution in [3.63, 3.8) is 0 Å². The lowest BCUT2D eigenvalue weighted by molar-refractivity contribution is -0.161. The van der Waals surface area contributed by atoms with Crippen LogP contribution in [0.15, 0.2) is 49.1 Å². The zero-order valence-corrected chi connectivity index (χ0v) is 16.1. The summed E-state index contributed by atoms with van der Waals surface area (Å²) >= 11 is 0. The van der Waals surface area contributed by atoms with Gasteiger partial charge in [0.1, 0.15) is 24.0 Å². The fraction of sp³-hybridized carbons (Fsp3) is 0.227. The molecule has 0 radical (unpaired) electrons. The number of hydroxylamine groups is 1. The molecule has 1 aliphatic carbocycles. The van der Waals surface area contributed by atoms with Crippen LogP contribution in [0.1, 0.15) is 23.0 Å². The standard InChI is InChI=1S/C22H17NO8/c1-2-16(25)28-10-3-5-12-14(7-10)29-21(26)19-17(12)20-18(19)13-6-4-11(31-23-9-24)8-15(13)30-22(20)27/h2-8,17-20,23-24H,1,9H2. The highest BCUT2D eigenvalue weighted by molar-refractivity contribution is 5.91. The number of nitrogens with one attached hydrogen (secondary N) is 1. The lowest BCUT2D eigenvalue weighted by Crippen LogP contribution is -2.56. The molecule has 9 nitrogen and oxygen atoms in total. The molecule has 0 saturated heterocycles. The van der Waals surface area contributed by atoms with Crippen LogP contribution in [-0.2, 0) is 14.4 Å². The van der Waals surface area contributed by atoms with Gasteiger partial charge in [-0.05, 0) is 12.1 Å². The molecule has 2 aromatic rings. The van der Waals surface area contributed by atoms with E-state index in [4.69, 9.17) is 24.2 Å². The first kappa shape index (κ1) is 19.3. The van der Waals surface area contributed by atoms with E-state index >= 15 is 0 Å². The second-order valence-corrected chi connectivity index (χ2v) is 7.37. The molecule has 4 atom stereocenters. The first-order valence-corrected chi connectivity index (χ1v) is 9.58. The molecule has 2 N–H and O–H groups in total. The highest BCUT2D eigenvalue weighted by Crippen LogP contribution is 2.64. The Morgan fingerprint density at radius 1 is 0.968 bits per heavy atom. The van der Waals surface area contributed by atoms with Gasteiger partial charge >= 0.3 is 17.9 Å². The fourth-order valence-electron chi connectivity index (χ4n) is 4.62. The summed E-state index contributed by atoms with van der Waals surface area (Å²) in [5, 5.41) is 8.80. The van der Waals surface area contributed by atoms with Crippen LogP contribution in [0.5, 0.6) is 23.0 Å². The van der Waals surface area contributed by atoms with Crippen molar-refractivity contribution in [1.29, 1.82) is 0 Å². The highest BCUT2D eigenvalue weighted by Gasteiger charge is 2.64. The normalized spacial score (nSPS) is 24.8. The average molecular weight is 423 g/mol. The third-order valence-electron chi connectivity index (χ3n) is 5.84. The summed E-state index contributed by atoms with van der Waals surface area (Å²) in [7, 11) is 0. The van der Waals surface area contributed by atoms with E-state index in [0.29, 0.717) is 17.1 Å². The second-order valence-electron chi connectivity index (χ2n) is 7.37. The quantitative estimate of drug-likeness (QED) is 0.243. The SMILES string of the molecule is C=CC(=O)Oc1ccc2c(c1)OC(=O)C1C3c4ccc(ONCO)cc4OC(=O)C3C21. The number of aliphatic hydroxyl groups excluding tert-OH is 1. The van der Waals surface area contributed by atoms with Gasteiger partial charge in [0.25, 0.3) is 0 Å². The van der Waals surface area contributed by atoms with Crippen molar-refractivity contribution in [3.8, 4) is 23.0 Å². The van der Waals surface area contributed by atoms with E-state index in [1.807, 2.05) is 0 Å². The zero-order valence-electron chi connectivity index (χ0n) is 16.1. The number of benzene rings is 2. The van der Waals surface area contributed by atoms with Crippen molar-refractivity contribution in [2.24, 2.45) is 11.8 Å². The van der Waals surface area contributed by atoms with Gasteiger partial charge in [-0.2, -0.15) is 0 Å². The van der Waals surface area contributed by atoms with Gasteiger partial charge in [0.2, 0.25) is 0 Å². The van der Waals surface area contributed by atoms with Crippen LogP contribution >= 0.6 is 0 Å². The smallest absolute Gasteiger partial charge is 0.335 e. The van der Waals surface area contributed by atoms with Crippen molar-refractivity contribution in [3.05, 3.63) is 60.2 Å². The summed E-state index contributed by atoms with van der Waals surface area (Å²) in [5.74, 6) is -2.21. The van der Waals surface area contributed by atoms with Crippen molar-refractivity contribution in [2.75, 3.05) is 6.73 Å². The van der Waals surface area contributed by atoms with E-state index < -0.39 is 35.7 Å². The number of esters is 3. The van der Waals surface area contributed by atoms with Crippen molar-refractivity contribution in [1.82, 2.24) is 5.48 Å². The molecule has 1 saturated carbocycles. The molecule has 2 heterocycles. The van der Waals surface area contributed by atoms with Gasteiger partial charge in [-0.1, -0.05) is 18.7 Å². The molecule has 0 spiro atoms. The second kappa shape index (κ2) is 7.22. The van der Waals surface area contributed by atoms with E-state index in [-0.39, 0.29) is 24.1 Å². The Balaban J connectivity index is 1.48. The number of ether oxygens (including phenoxy) is 3. The van der Waals surface area contributed by atoms with Gasteiger partial charge in [0, 0.05) is 41.2 Å². The summed E-state index contributed by atoms with van der Waals surface area (Å²) in [6, 6.07) is 9.67. The van der Waals surface area contributed by atoms with Crippen LogP contribution in [0, 0.1) is 11.8 Å². The summed E-state index contributed by atoms with van der Waals surface area (Å²) in [6.07, 6.45) is 1.03. The number of fused-ring (bicyclic) bond motifs is 8. The molecule has 5 rings (SSSR count). The first-order chi connectivity index (χ1) is 15.0. The minimum atomic E-state index is -0.631. The zero-order chi connectivity index (χ0) is 21.7. The molecule has 0 aromatic heterocycles. The molecule has 9 heteroatoms. The topological polar surface area (TPSA) is 120 Å². The van der Waals surface area contributed by atoms with Crippen LogP contribution in [0.4, 0.5) is 0 Å². The van der Waals surface area contributed by atoms with Crippen LogP contribution in [-0.4, -0.2) is 29.7 Å². The van der Waals surface area contributed by atoms with Gasteiger partial charge in [-0.25, -0.2) is 4.79 Å². The minimum absolute atomic E-state index is 0.214. The van der Waals surface area contributed by atoms with Gasteiger partial charge in [-0.3, -0.25) is 9.59 Å². The van der Waals surface area contributed by atoms with Gasteiger partial charge < -0.3 is 24.2 Å². The van der Waals surface area contributed by atoms with E-state index in [9.17, 15) is 14.4 Å². The van der Waals surface area contributed by atoms with Crippen molar-refractivity contribution < 1.29 is 38.5 Å². The Hall–Kier alpha value is -3.69. The molecule has 31 heavy (non-hydrogen) atoms. The van der Waals surface area contributed by atoms with E-state index in [0.717, 1.165) is 11.6 Å². The van der Waals surface area contributed by atoms with E-state index in [1.165, 1.54) is 12.1 Å². The third kappa shape index (κ3) is 2.97. The largest absolute Gasteiger partial charge is 0.426 e. The van der Waals surface area contributed by atoms with Gasteiger partial charge in [-0.15, -0.1) is 5.48 Å². The predicted octanol–water partition coefficient (Wildman–Crippen LogP) is 1.56. The van der Waals surface area contributed by atoms with Crippen LogP contribution in [0.2, 0.25) is 0 Å². The van der Waals surface area contributed by atoms with E-state index in [1.54, 1.807) is 24.3 Å². The Morgan fingerprint density at radius 3 is 2.06 bits per heavy atom. The Morgan fingerprint density at radius 2 is 1.52 bits per heavy atom. The maximum atomic E-state index is 12.8. The fourth-order valence-corrected chi connectivity index (χ4v) is 4.62. The molecular formula is C22H17NO8. The molecule has 0 amide bonds. The molecule has 0 bridgehead atoms.